The zero-order chi connectivity index (χ0) is 11.4. The summed E-state index contributed by atoms with van der Waals surface area (Å²) in [5.74, 6) is 7.57. The average molecular weight is 231 g/mol. The van der Waals surface area contributed by atoms with Gasteiger partial charge in [0.2, 0.25) is 0 Å². The minimum Gasteiger partial charge on any atom is -0.453 e. The van der Waals surface area contributed by atoms with Crippen LogP contribution >= 0.6 is 11.6 Å². The van der Waals surface area contributed by atoms with E-state index in [1.165, 1.54) is 0 Å². The van der Waals surface area contributed by atoms with Gasteiger partial charge in [0, 0.05) is 12.0 Å². The van der Waals surface area contributed by atoms with Crippen LogP contribution in [0.4, 0.5) is 0 Å². The smallest absolute Gasteiger partial charge is 0.177 e. The Morgan fingerprint density at radius 3 is 2.62 bits per heavy atom. The number of hydrogen-bond acceptors (Lipinski definition) is 1. The summed E-state index contributed by atoms with van der Waals surface area (Å²) in [7, 11) is 0. The molecule has 0 radical (unpaired) electrons. The van der Waals surface area contributed by atoms with Crippen molar-refractivity contribution >= 4 is 11.6 Å². The molecule has 0 unspecified atom stereocenters. The Bertz CT molecular complexity index is 543. The molecule has 1 aromatic heterocycles. The summed E-state index contributed by atoms with van der Waals surface area (Å²) in [6, 6.07) is 11.3. The van der Waals surface area contributed by atoms with Crippen molar-refractivity contribution in [1.82, 2.24) is 0 Å². The van der Waals surface area contributed by atoms with Gasteiger partial charge in [-0.1, -0.05) is 36.6 Å². The van der Waals surface area contributed by atoms with Crippen LogP contribution in [0.25, 0.3) is 0 Å². The Kier molecular flexibility index (Phi) is 3.34. The molecule has 2 aromatic rings. The number of halogens is 1. The first-order valence-electron chi connectivity index (χ1n) is 5.15. The molecule has 1 heterocycles. The van der Waals surface area contributed by atoms with E-state index in [1.807, 2.05) is 43.3 Å². The van der Waals surface area contributed by atoms with Crippen molar-refractivity contribution in [2.75, 3.05) is 0 Å². The first-order chi connectivity index (χ1) is 7.79. The summed E-state index contributed by atoms with van der Waals surface area (Å²) in [4.78, 5) is 0. The highest BCUT2D eigenvalue weighted by Gasteiger charge is 1.97. The third-order valence-electron chi connectivity index (χ3n) is 2.20. The Balaban J connectivity index is 2.25. The van der Waals surface area contributed by atoms with Crippen molar-refractivity contribution in [2.45, 2.75) is 13.3 Å². The third-order valence-corrected chi connectivity index (χ3v) is 2.53. The van der Waals surface area contributed by atoms with Crippen molar-refractivity contribution in [3.8, 4) is 11.8 Å². The number of benzene rings is 1. The largest absolute Gasteiger partial charge is 0.453 e. The molecule has 16 heavy (non-hydrogen) atoms. The first-order valence-corrected chi connectivity index (χ1v) is 5.52. The Morgan fingerprint density at radius 1 is 1.12 bits per heavy atom. The van der Waals surface area contributed by atoms with E-state index in [0.717, 1.165) is 17.7 Å². The fraction of sp³-hybridized carbons (Fsp3) is 0.143. The van der Waals surface area contributed by atoms with Crippen molar-refractivity contribution in [1.29, 1.82) is 0 Å². The average Bonchev–Trinajstić information content (AvgIpc) is 2.76. The van der Waals surface area contributed by atoms with Crippen LogP contribution < -0.4 is 0 Å². The third kappa shape index (κ3) is 2.48. The van der Waals surface area contributed by atoms with Crippen LogP contribution in [0, 0.1) is 11.8 Å². The van der Waals surface area contributed by atoms with Crippen LogP contribution in [0.5, 0.6) is 0 Å². The van der Waals surface area contributed by atoms with Crippen LogP contribution in [0.15, 0.2) is 40.8 Å². The van der Waals surface area contributed by atoms with Crippen LogP contribution in [-0.4, -0.2) is 0 Å². The van der Waals surface area contributed by atoms with Gasteiger partial charge in [-0.15, -0.1) is 0 Å². The topological polar surface area (TPSA) is 13.1 Å². The van der Waals surface area contributed by atoms with Gasteiger partial charge in [-0.2, -0.15) is 0 Å². The summed E-state index contributed by atoms with van der Waals surface area (Å²) in [6.45, 7) is 2.05. The Morgan fingerprint density at radius 2 is 1.94 bits per heavy atom. The molecule has 0 amide bonds. The highest BCUT2D eigenvalue weighted by Crippen LogP contribution is 2.14. The second-order valence-corrected chi connectivity index (χ2v) is 3.76. The van der Waals surface area contributed by atoms with E-state index < -0.39 is 0 Å². The van der Waals surface area contributed by atoms with Crippen LogP contribution in [0.3, 0.4) is 0 Å². The molecule has 0 bridgehead atoms. The van der Waals surface area contributed by atoms with Gasteiger partial charge in [0.15, 0.2) is 5.76 Å². The standard InChI is InChI=1S/C14H11ClO/c1-2-12-9-10-13(16-12)8-7-11-5-3-4-6-14(11)15/h3-6,9-10H,2H2,1H3. The highest BCUT2D eigenvalue weighted by molar-refractivity contribution is 6.31. The van der Waals surface area contributed by atoms with E-state index in [-0.39, 0.29) is 0 Å². The molecule has 0 saturated carbocycles. The maximum Gasteiger partial charge on any atom is 0.177 e. The zero-order valence-corrected chi connectivity index (χ0v) is 9.71. The number of furan rings is 1. The Labute approximate surface area is 100 Å². The molecule has 0 fully saturated rings. The molecule has 80 valence electrons. The lowest BCUT2D eigenvalue weighted by Gasteiger charge is -1.92. The zero-order valence-electron chi connectivity index (χ0n) is 8.96. The van der Waals surface area contributed by atoms with E-state index >= 15 is 0 Å². The molecule has 1 nitrogen and oxygen atoms in total. The molecule has 0 aliphatic carbocycles. The second-order valence-electron chi connectivity index (χ2n) is 3.35. The van der Waals surface area contributed by atoms with E-state index in [4.69, 9.17) is 16.0 Å². The van der Waals surface area contributed by atoms with Gasteiger partial charge in [0.25, 0.3) is 0 Å². The molecule has 2 rings (SSSR count). The molecule has 0 spiro atoms. The summed E-state index contributed by atoms with van der Waals surface area (Å²) in [6.07, 6.45) is 0.883. The second kappa shape index (κ2) is 4.92. The molecule has 0 saturated heterocycles. The minimum atomic E-state index is 0.664. The molecular formula is C14H11ClO. The lowest BCUT2D eigenvalue weighted by atomic mass is 10.2. The monoisotopic (exact) mass is 230 g/mol. The quantitative estimate of drug-likeness (QED) is 0.678. The van der Waals surface area contributed by atoms with Crippen LogP contribution in [0.2, 0.25) is 5.02 Å². The molecule has 2 heteroatoms. The van der Waals surface area contributed by atoms with E-state index in [1.54, 1.807) is 0 Å². The lowest BCUT2D eigenvalue weighted by Crippen LogP contribution is -1.75. The molecule has 1 aromatic carbocycles. The summed E-state index contributed by atoms with van der Waals surface area (Å²) < 4.78 is 5.48. The SMILES string of the molecule is CCc1ccc(C#Cc2ccccc2Cl)o1. The maximum atomic E-state index is 5.99. The number of rotatable bonds is 1. The van der Waals surface area contributed by atoms with E-state index in [0.29, 0.717) is 10.8 Å². The first kappa shape index (κ1) is 10.9. The summed E-state index contributed by atoms with van der Waals surface area (Å²) in [5, 5.41) is 0.664. The molecule has 0 N–H and O–H groups in total. The molecule has 0 aliphatic heterocycles. The van der Waals surface area contributed by atoms with Crippen molar-refractivity contribution in [2.24, 2.45) is 0 Å². The fourth-order valence-electron chi connectivity index (χ4n) is 1.33. The van der Waals surface area contributed by atoms with Crippen LogP contribution in [-0.2, 0) is 6.42 Å². The van der Waals surface area contributed by atoms with Gasteiger partial charge >= 0.3 is 0 Å². The maximum absolute atomic E-state index is 5.99. The molecule has 0 atom stereocenters. The summed E-state index contributed by atoms with van der Waals surface area (Å²) in [5.41, 5.74) is 0.818. The summed E-state index contributed by atoms with van der Waals surface area (Å²) >= 11 is 5.99. The number of hydrogen-bond donors (Lipinski definition) is 0. The minimum absolute atomic E-state index is 0.664. The van der Waals surface area contributed by atoms with Crippen molar-refractivity contribution in [3.05, 3.63) is 58.5 Å². The van der Waals surface area contributed by atoms with E-state index in [2.05, 4.69) is 11.8 Å². The van der Waals surface area contributed by atoms with Crippen molar-refractivity contribution in [3.63, 3.8) is 0 Å². The van der Waals surface area contributed by atoms with Gasteiger partial charge in [-0.25, -0.2) is 0 Å². The van der Waals surface area contributed by atoms with Gasteiger partial charge in [0.05, 0.1) is 5.02 Å². The van der Waals surface area contributed by atoms with Crippen molar-refractivity contribution < 1.29 is 4.42 Å². The highest BCUT2D eigenvalue weighted by atomic mass is 35.5. The van der Waals surface area contributed by atoms with Gasteiger partial charge in [-0.3, -0.25) is 0 Å². The van der Waals surface area contributed by atoms with Gasteiger partial charge < -0.3 is 4.42 Å². The Hall–Kier alpha value is -1.65. The number of aryl methyl sites for hydroxylation is 1. The fourth-order valence-corrected chi connectivity index (χ4v) is 1.51. The van der Waals surface area contributed by atoms with Crippen LogP contribution in [0.1, 0.15) is 24.0 Å². The predicted octanol–water partition coefficient (Wildman–Crippen LogP) is 3.90. The normalized spacial score (nSPS) is 9.62. The van der Waals surface area contributed by atoms with Gasteiger partial charge in [-0.05, 0) is 30.2 Å². The molecular weight excluding hydrogens is 220 g/mol. The predicted molar refractivity (Wildman–Crippen MR) is 65.5 cm³/mol. The van der Waals surface area contributed by atoms with Gasteiger partial charge in [0.1, 0.15) is 5.76 Å². The van der Waals surface area contributed by atoms with E-state index in [9.17, 15) is 0 Å². The molecule has 0 aliphatic rings. The lowest BCUT2D eigenvalue weighted by molar-refractivity contribution is 0.505.